The van der Waals surface area contributed by atoms with E-state index in [0.717, 1.165) is 19.6 Å². The smallest absolute Gasteiger partial charge is 0.220 e. The molecule has 1 saturated heterocycles. The van der Waals surface area contributed by atoms with Gasteiger partial charge in [0.25, 0.3) is 0 Å². The minimum absolute atomic E-state index is 0. The first-order chi connectivity index (χ1) is 7.88. The maximum atomic E-state index is 11.8. The second-order valence-corrected chi connectivity index (χ2v) is 6.63. The van der Waals surface area contributed by atoms with Gasteiger partial charge in [-0.05, 0) is 43.2 Å². The van der Waals surface area contributed by atoms with Gasteiger partial charge in [0, 0.05) is 13.0 Å². The fourth-order valence-electron chi connectivity index (χ4n) is 2.26. The number of piperidine rings is 1. The Morgan fingerprint density at radius 2 is 2.11 bits per heavy atom. The fraction of sp³-hybridized carbons (Fsp3) is 0.929. The van der Waals surface area contributed by atoms with Crippen LogP contribution in [0.4, 0.5) is 0 Å². The molecule has 1 fully saturated rings. The molecule has 1 aliphatic heterocycles. The third-order valence-electron chi connectivity index (χ3n) is 3.46. The highest BCUT2D eigenvalue weighted by molar-refractivity contribution is 5.85. The van der Waals surface area contributed by atoms with Crippen LogP contribution in [-0.4, -0.2) is 25.5 Å². The van der Waals surface area contributed by atoms with Gasteiger partial charge in [0.05, 0.1) is 0 Å². The summed E-state index contributed by atoms with van der Waals surface area (Å²) in [7, 11) is 0. The molecular formula is C14H29ClN2O. The number of carbonyl (C=O) groups is 1. The fourth-order valence-corrected chi connectivity index (χ4v) is 2.26. The van der Waals surface area contributed by atoms with Crippen molar-refractivity contribution in [3.63, 3.8) is 0 Å². The van der Waals surface area contributed by atoms with Crippen LogP contribution in [0, 0.1) is 17.3 Å². The van der Waals surface area contributed by atoms with Crippen LogP contribution in [0.1, 0.15) is 47.0 Å². The highest BCUT2D eigenvalue weighted by Gasteiger charge is 2.22. The van der Waals surface area contributed by atoms with Gasteiger partial charge in [0.15, 0.2) is 0 Å². The molecule has 1 aliphatic rings. The quantitative estimate of drug-likeness (QED) is 0.829. The molecule has 4 heteroatoms. The van der Waals surface area contributed by atoms with E-state index in [1.54, 1.807) is 0 Å². The van der Waals surface area contributed by atoms with Crippen molar-refractivity contribution in [1.29, 1.82) is 0 Å². The summed E-state index contributed by atoms with van der Waals surface area (Å²) in [6.45, 7) is 11.6. The highest BCUT2D eigenvalue weighted by atomic mass is 35.5. The largest absolute Gasteiger partial charge is 0.356 e. The molecule has 0 aromatic rings. The van der Waals surface area contributed by atoms with Crippen molar-refractivity contribution >= 4 is 18.3 Å². The van der Waals surface area contributed by atoms with E-state index in [-0.39, 0.29) is 23.7 Å². The normalized spacial score (nSPS) is 21.9. The third kappa shape index (κ3) is 7.22. The highest BCUT2D eigenvalue weighted by Crippen LogP contribution is 2.22. The molecule has 2 N–H and O–H groups in total. The van der Waals surface area contributed by atoms with Crippen molar-refractivity contribution in [2.45, 2.75) is 47.0 Å². The molecule has 1 amide bonds. The maximum Gasteiger partial charge on any atom is 0.220 e. The standard InChI is InChI=1S/C14H28N2O.ClH/c1-11(12-6-5-7-15-9-12)8-13(17)16-10-14(2,3)4;/h11-12,15H,5-10H2,1-4H3,(H,16,17);1H. The second kappa shape index (κ2) is 8.00. The molecule has 0 aromatic carbocycles. The molecule has 0 spiro atoms. The lowest BCUT2D eigenvalue weighted by Gasteiger charge is -2.28. The van der Waals surface area contributed by atoms with Crippen LogP contribution in [0.5, 0.6) is 0 Å². The number of hydrogen-bond acceptors (Lipinski definition) is 2. The van der Waals surface area contributed by atoms with Crippen molar-refractivity contribution in [3.05, 3.63) is 0 Å². The van der Waals surface area contributed by atoms with Gasteiger partial charge in [-0.15, -0.1) is 12.4 Å². The van der Waals surface area contributed by atoms with E-state index in [2.05, 4.69) is 38.3 Å². The summed E-state index contributed by atoms with van der Waals surface area (Å²) in [5, 5.41) is 6.45. The Morgan fingerprint density at radius 1 is 1.44 bits per heavy atom. The number of halogens is 1. The van der Waals surface area contributed by atoms with Crippen LogP contribution < -0.4 is 10.6 Å². The Morgan fingerprint density at radius 3 is 2.61 bits per heavy atom. The molecule has 1 rings (SSSR count). The maximum absolute atomic E-state index is 11.8. The summed E-state index contributed by atoms with van der Waals surface area (Å²) >= 11 is 0. The molecule has 2 atom stereocenters. The van der Waals surface area contributed by atoms with Crippen molar-refractivity contribution in [3.8, 4) is 0 Å². The molecular weight excluding hydrogens is 248 g/mol. The van der Waals surface area contributed by atoms with Gasteiger partial charge in [-0.2, -0.15) is 0 Å². The molecule has 0 aromatic heterocycles. The molecule has 1 heterocycles. The van der Waals surface area contributed by atoms with E-state index >= 15 is 0 Å². The molecule has 2 unspecified atom stereocenters. The number of amides is 1. The van der Waals surface area contributed by atoms with Gasteiger partial charge < -0.3 is 10.6 Å². The van der Waals surface area contributed by atoms with E-state index in [1.165, 1.54) is 12.8 Å². The second-order valence-electron chi connectivity index (χ2n) is 6.63. The number of hydrogen-bond donors (Lipinski definition) is 2. The zero-order valence-electron chi connectivity index (χ0n) is 12.2. The molecule has 108 valence electrons. The molecule has 0 radical (unpaired) electrons. The Bertz CT molecular complexity index is 245. The van der Waals surface area contributed by atoms with Crippen molar-refractivity contribution in [1.82, 2.24) is 10.6 Å². The lowest BCUT2D eigenvalue weighted by Crippen LogP contribution is -2.37. The van der Waals surface area contributed by atoms with Crippen LogP contribution in [-0.2, 0) is 4.79 Å². The third-order valence-corrected chi connectivity index (χ3v) is 3.46. The Kier molecular flexibility index (Phi) is 7.88. The first-order valence-electron chi connectivity index (χ1n) is 6.86. The summed E-state index contributed by atoms with van der Waals surface area (Å²) in [5.74, 6) is 1.37. The van der Waals surface area contributed by atoms with Crippen LogP contribution in [0.2, 0.25) is 0 Å². The minimum Gasteiger partial charge on any atom is -0.356 e. The molecule has 18 heavy (non-hydrogen) atoms. The first kappa shape index (κ1) is 17.7. The Hall–Kier alpha value is -0.280. The monoisotopic (exact) mass is 276 g/mol. The van der Waals surface area contributed by atoms with E-state index in [0.29, 0.717) is 18.3 Å². The summed E-state index contributed by atoms with van der Waals surface area (Å²) < 4.78 is 0. The summed E-state index contributed by atoms with van der Waals surface area (Å²) in [5.41, 5.74) is 0.172. The SMILES string of the molecule is CC(CC(=O)NCC(C)(C)C)C1CCCNC1.Cl. The van der Waals surface area contributed by atoms with Crippen molar-refractivity contribution in [2.24, 2.45) is 17.3 Å². The van der Waals surface area contributed by atoms with Crippen LogP contribution >= 0.6 is 12.4 Å². The van der Waals surface area contributed by atoms with E-state index in [1.807, 2.05) is 0 Å². The predicted molar refractivity (Wildman–Crippen MR) is 79.1 cm³/mol. The molecule has 0 saturated carbocycles. The summed E-state index contributed by atoms with van der Waals surface area (Å²) in [6, 6.07) is 0. The summed E-state index contributed by atoms with van der Waals surface area (Å²) in [4.78, 5) is 11.8. The first-order valence-corrected chi connectivity index (χ1v) is 6.86. The lowest BCUT2D eigenvalue weighted by atomic mass is 9.85. The van der Waals surface area contributed by atoms with Crippen molar-refractivity contribution < 1.29 is 4.79 Å². The van der Waals surface area contributed by atoms with Gasteiger partial charge in [-0.1, -0.05) is 27.7 Å². The van der Waals surface area contributed by atoms with Gasteiger partial charge in [-0.3, -0.25) is 4.79 Å². The van der Waals surface area contributed by atoms with Gasteiger partial charge in [0.2, 0.25) is 5.91 Å². The zero-order valence-corrected chi connectivity index (χ0v) is 13.0. The van der Waals surface area contributed by atoms with Crippen LogP contribution in [0.15, 0.2) is 0 Å². The van der Waals surface area contributed by atoms with Gasteiger partial charge >= 0.3 is 0 Å². The van der Waals surface area contributed by atoms with E-state index < -0.39 is 0 Å². The van der Waals surface area contributed by atoms with Crippen molar-refractivity contribution in [2.75, 3.05) is 19.6 Å². The number of rotatable bonds is 4. The lowest BCUT2D eigenvalue weighted by molar-refractivity contribution is -0.122. The summed E-state index contributed by atoms with van der Waals surface area (Å²) in [6.07, 6.45) is 3.18. The van der Waals surface area contributed by atoms with Crippen LogP contribution in [0.3, 0.4) is 0 Å². The molecule has 3 nitrogen and oxygen atoms in total. The zero-order chi connectivity index (χ0) is 12.9. The minimum atomic E-state index is 0. The van der Waals surface area contributed by atoms with Crippen LogP contribution in [0.25, 0.3) is 0 Å². The average Bonchev–Trinajstić information content (AvgIpc) is 2.27. The predicted octanol–water partition coefficient (Wildman–Crippen LogP) is 2.60. The van der Waals surface area contributed by atoms with E-state index in [9.17, 15) is 4.79 Å². The Balaban J connectivity index is 0.00000289. The van der Waals surface area contributed by atoms with Gasteiger partial charge in [-0.25, -0.2) is 0 Å². The number of carbonyl (C=O) groups excluding carboxylic acids is 1. The molecule has 0 aliphatic carbocycles. The topological polar surface area (TPSA) is 41.1 Å². The van der Waals surface area contributed by atoms with E-state index in [4.69, 9.17) is 0 Å². The molecule has 0 bridgehead atoms. The number of nitrogens with one attached hydrogen (secondary N) is 2. The average molecular weight is 277 g/mol. The van der Waals surface area contributed by atoms with Gasteiger partial charge in [0.1, 0.15) is 0 Å². The Labute approximate surface area is 118 Å².